The van der Waals surface area contributed by atoms with Gasteiger partial charge in [-0.15, -0.1) is 13.2 Å². The molecule has 6 nitrogen and oxygen atoms in total. The third-order valence-electron chi connectivity index (χ3n) is 6.60. The second-order valence-corrected chi connectivity index (χ2v) is 8.86. The molecule has 196 valence electrons. The average Bonchev–Trinajstić information content (AvgIpc) is 2.86. The van der Waals surface area contributed by atoms with E-state index in [1.165, 1.54) is 18.2 Å². The summed E-state index contributed by atoms with van der Waals surface area (Å²) in [5, 5.41) is 0. The largest absolute Gasteiger partial charge is 0.573 e. The van der Waals surface area contributed by atoms with Crippen LogP contribution in [0.3, 0.4) is 0 Å². The lowest BCUT2D eigenvalue weighted by Crippen LogP contribution is -2.44. The van der Waals surface area contributed by atoms with Gasteiger partial charge < -0.3 is 19.9 Å². The van der Waals surface area contributed by atoms with E-state index >= 15 is 0 Å². The van der Waals surface area contributed by atoms with Gasteiger partial charge in [-0.05, 0) is 65.8 Å². The smallest absolute Gasteiger partial charge is 0.493 e. The van der Waals surface area contributed by atoms with Crippen LogP contribution in [0.25, 0.3) is 0 Å². The summed E-state index contributed by atoms with van der Waals surface area (Å²) < 4.78 is 53.3. The maximum atomic E-state index is 12.7. The summed E-state index contributed by atoms with van der Waals surface area (Å²) in [5.41, 5.74) is 9.41. The van der Waals surface area contributed by atoms with Crippen molar-refractivity contribution in [1.29, 1.82) is 0 Å². The van der Waals surface area contributed by atoms with Crippen molar-refractivity contribution in [2.75, 3.05) is 20.8 Å². The number of rotatable bonds is 9. The van der Waals surface area contributed by atoms with Crippen LogP contribution >= 0.6 is 0 Å². The Morgan fingerprint density at radius 1 is 1.03 bits per heavy atom. The van der Waals surface area contributed by atoms with Crippen LogP contribution in [0.15, 0.2) is 66.7 Å². The van der Waals surface area contributed by atoms with Crippen LogP contribution < -0.4 is 19.9 Å². The monoisotopic (exact) mass is 514 g/mol. The van der Waals surface area contributed by atoms with Crippen LogP contribution in [-0.4, -0.2) is 37.9 Å². The molecule has 9 heteroatoms. The maximum absolute atomic E-state index is 12.7. The zero-order chi connectivity index (χ0) is 26.6. The number of hydrogen-bond donors (Lipinski definition) is 1. The van der Waals surface area contributed by atoms with Crippen LogP contribution in [0.4, 0.5) is 13.2 Å². The highest BCUT2D eigenvalue weighted by atomic mass is 19.4. The Balaban J connectivity index is 1.71. The lowest BCUT2D eigenvalue weighted by molar-refractivity contribution is -0.274. The van der Waals surface area contributed by atoms with Crippen LogP contribution in [0.1, 0.15) is 40.8 Å². The van der Waals surface area contributed by atoms with Gasteiger partial charge in [-0.1, -0.05) is 42.5 Å². The standard InChI is InChI=1S/C28H29F3N2O4/c1-35-24-16-20-13-14-33(26(27(32)34)19-8-4-3-5-9-19)23(22(20)17-25(24)36-2)12-11-18-7-6-10-21(15-18)37-28(29,30)31/h3-10,15-17,23,26H,11-14H2,1-2H3,(H2,32,34)/t23-,26+/m0/s1. The summed E-state index contributed by atoms with van der Waals surface area (Å²) in [7, 11) is 3.13. The molecule has 3 aromatic rings. The number of fused-ring (bicyclic) bond motifs is 1. The summed E-state index contributed by atoms with van der Waals surface area (Å²) in [6, 6.07) is 18.2. The lowest BCUT2D eigenvalue weighted by atomic mass is 9.86. The number of hydrogen-bond acceptors (Lipinski definition) is 5. The highest BCUT2D eigenvalue weighted by Gasteiger charge is 2.36. The Bertz CT molecular complexity index is 1230. The fourth-order valence-electron chi connectivity index (χ4n) is 5.03. The molecule has 37 heavy (non-hydrogen) atoms. The third-order valence-corrected chi connectivity index (χ3v) is 6.60. The first kappa shape index (κ1) is 26.3. The van der Waals surface area contributed by atoms with Crippen LogP contribution in [0.2, 0.25) is 0 Å². The number of benzene rings is 3. The molecule has 4 rings (SSSR count). The van der Waals surface area contributed by atoms with Crippen molar-refractivity contribution in [2.45, 2.75) is 37.7 Å². The molecule has 0 spiro atoms. The minimum atomic E-state index is -4.77. The van der Waals surface area contributed by atoms with Gasteiger partial charge in [0.05, 0.1) is 14.2 Å². The van der Waals surface area contributed by atoms with E-state index in [4.69, 9.17) is 15.2 Å². The minimum Gasteiger partial charge on any atom is -0.493 e. The first-order valence-corrected chi connectivity index (χ1v) is 11.9. The molecule has 0 radical (unpaired) electrons. The first-order chi connectivity index (χ1) is 17.7. The van der Waals surface area contributed by atoms with E-state index in [-0.39, 0.29) is 11.8 Å². The van der Waals surface area contributed by atoms with E-state index in [0.717, 1.165) is 16.7 Å². The molecule has 0 unspecified atom stereocenters. The van der Waals surface area contributed by atoms with Crippen molar-refractivity contribution in [3.05, 3.63) is 89.0 Å². The lowest BCUT2D eigenvalue weighted by Gasteiger charge is -2.41. The molecule has 0 aromatic heterocycles. The SMILES string of the molecule is COc1cc2c(cc1OC)[C@H](CCc1cccc(OC(F)(F)F)c1)N([C@@H](C(N)=O)c1ccccc1)CC2. The maximum Gasteiger partial charge on any atom is 0.573 e. The number of ether oxygens (including phenoxy) is 3. The normalized spacial score (nSPS) is 16.5. The van der Waals surface area contributed by atoms with Crippen LogP contribution in [0.5, 0.6) is 17.2 Å². The molecule has 0 saturated heterocycles. The number of carbonyl (C=O) groups is 1. The molecule has 1 amide bonds. The van der Waals surface area contributed by atoms with Crippen molar-refractivity contribution >= 4 is 5.91 Å². The van der Waals surface area contributed by atoms with E-state index in [0.29, 0.717) is 42.9 Å². The van der Waals surface area contributed by atoms with E-state index in [9.17, 15) is 18.0 Å². The Hall–Kier alpha value is -3.72. The van der Waals surface area contributed by atoms with Crippen LogP contribution in [0, 0.1) is 0 Å². The molecule has 0 bridgehead atoms. The average molecular weight is 515 g/mol. The second kappa shape index (κ2) is 11.1. The van der Waals surface area contributed by atoms with Gasteiger partial charge in [0, 0.05) is 12.6 Å². The van der Waals surface area contributed by atoms with Gasteiger partial charge >= 0.3 is 6.36 Å². The number of carbonyl (C=O) groups excluding carboxylic acids is 1. The molecule has 1 heterocycles. The number of alkyl halides is 3. The van der Waals surface area contributed by atoms with Gasteiger partial charge in [0.25, 0.3) is 0 Å². The Labute approximate surface area is 213 Å². The van der Waals surface area contributed by atoms with Gasteiger partial charge in [0.1, 0.15) is 11.8 Å². The Morgan fingerprint density at radius 3 is 2.38 bits per heavy atom. The third kappa shape index (κ3) is 6.17. The summed E-state index contributed by atoms with van der Waals surface area (Å²) in [5.74, 6) is 0.432. The first-order valence-electron chi connectivity index (χ1n) is 11.9. The van der Waals surface area contributed by atoms with Crippen molar-refractivity contribution in [3.63, 3.8) is 0 Å². The van der Waals surface area contributed by atoms with E-state index in [1.54, 1.807) is 20.3 Å². The zero-order valence-electron chi connectivity index (χ0n) is 20.6. The summed E-state index contributed by atoms with van der Waals surface area (Å²) in [6.07, 6.45) is -3.13. The van der Waals surface area contributed by atoms with E-state index < -0.39 is 18.3 Å². The molecule has 2 atom stereocenters. The van der Waals surface area contributed by atoms with Gasteiger partial charge in [0.2, 0.25) is 5.91 Å². The van der Waals surface area contributed by atoms with Gasteiger partial charge in [-0.25, -0.2) is 0 Å². The Morgan fingerprint density at radius 2 is 1.73 bits per heavy atom. The number of aryl methyl sites for hydroxylation is 1. The molecular weight excluding hydrogens is 485 g/mol. The number of methoxy groups -OCH3 is 2. The van der Waals surface area contributed by atoms with Crippen molar-refractivity contribution in [1.82, 2.24) is 4.90 Å². The molecule has 1 aliphatic heterocycles. The predicted molar refractivity (Wildman–Crippen MR) is 133 cm³/mol. The molecule has 1 aliphatic rings. The van der Waals surface area contributed by atoms with Gasteiger partial charge in [0.15, 0.2) is 11.5 Å². The molecule has 0 saturated carbocycles. The molecule has 3 aromatic carbocycles. The predicted octanol–water partition coefficient (Wildman–Crippen LogP) is 5.36. The number of primary amides is 1. The van der Waals surface area contributed by atoms with Crippen molar-refractivity contribution in [3.8, 4) is 17.2 Å². The number of nitrogens with two attached hydrogens (primary N) is 1. The fourth-order valence-corrected chi connectivity index (χ4v) is 5.03. The van der Waals surface area contributed by atoms with E-state index in [1.807, 2.05) is 42.5 Å². The summed E-state index contributed by atoms with van der Waals surface area (Å²) in [6.45, 7) is 0.562. The number of amides is 1. The van der Waals surface area contributed by atoms with Gasteiger partial charge in [-0.3, -0.25) is 9.69 Å². The molecule has 0 aliphatic carbocycles. The van der Waals surface area contributed by atoms with Crippen molar-refractivity contribution < 1.29 is 32.2 Å². The highest BCUT2D eigenvalue weighted by Crippen LogP contribution is 2.43. The molecular formula is C28H29F3N2O4. The van der Waals surface area contributed by atoms with Crippen molar-refractivity contribution in [2.24, 2.45) is 5.73 Å². The minimum absolute atomic E-state index is 0.256. The molecule has 0 fully saturated rings. The van der Waals surface area contributed by atoms with Gasteiger partial charge in [-0.2, -0.15) is 0 Å². The molecule has 2 N–H and O–H groups in total. The summed E-state index contributed by atoms with van der Waals surface area (Å²) in [4.78, 5) is 14.8. The van der Waals surface area contributed by atoms with Crippen LogP contribution in [-0.2, 0) is 17.6 Å². The Kier molecular flexibility index (Phi) is 7.92. The topological polar surface area (TPSA) is 74.0 Å². The second-order valence-electron chi connectivity index (χ2n) is 8.86. The highest BCUT2D eigenvalue weighted by molar-refractivity contribution is 5.81. The number of nitrogens with zero attached hydrogens (tertiary/aromatic N) is 1. The quantitative estimate of drug-likeness (QED) is 0.416. The number of halogens is 3. The summed E-state index contributed by atoms with van der Waals surface area (Å²) >= 11 is 0. The van der Waals surface area contributed by atoms with E-state index in [2.05, 4.69) is 9.64 Å². The fraction of sp³-hybridized carbons (Fsp3) is 0.321. The zero-order valence-corrected chi connectivity index (χ0v) is 20.6.